The van der Waals surface area contributed by atoms with Crippen molar-refractivity contribution in [2.24, 2.45) is 5.92 Å². The molecule has 8 nitrogen and oxygen atoms in total. The van der Waals surface area contributed by atoms with E-state index < -0.39 is 6.04 Å². The van der Waals surface area contributed by atoms with Crippen molar-refractivity contribution in [2.45, 2.75) is 45.2 Å². The van der Waals surface area contributed by atoms with Gasteiger partial charge in [0.1, 0.15) is 11.7 Å². The summed E-state index contributed by atoms with van der Waals surface area (Å²) in [5.74, 6) is -0.237. The molecular weight excluding hydrogens is 334 g/mol. The van der Waals surface area contributed by atoms with Gasteiger partial charge in [0.25, 0.3) is 5.91 Å². The molecule has 2 atom stereocenters. The topological polar surface area (TPSA) is 97.3 Å². The molecule has 1 saturated heterocycles. The van der Waals surface area contributed by atoms with Crippen LogP contribution in [-0.4, -0.2) is 61.0 Å². The zero-order valence-corrected chi connectivity index (χ0v) is 16.0. The summed E-state index contributed by atoms with van der Waals surface area (Å²) in [7, 11) is 1.58. The third-order valence-corrected chi connectivity index (χ3v) is 4.42. The summed E-state index contributed by atoms with van der Waals surface area (Å²) < 4.78 is 6.79. The number of ether oxygens (including phenoxy) is 1. The monoisotopic (exact) mass is 365 g/mol. The molecular formula is C18H31N5O3. The lowest BCUT2D eigenvalue weighted by molar-refractivity contribution is -0.123. The van der Waals surface area contributed by atoms with Gasteiger partial charge < -0.3 is 20.7 Å². The van der Waals surface area contributed by atoms with Crippen LogP contribution in [0.2, 0.25) is 0 Å². The van der Waals surface area contributed by atoms with E-state index in [1.807, 2.05) is 24.7 Å². The van der Waals surface area contributed by atoms with E-state index in [2.05, 4.69) is 21.0 Å². The number of rotatable bonds is 9. The number of hydrogen-bond acceptors (Lipinski definition) is 5. The van der Waals surface area contributed by atoms with Crippen LogP contribution in [0.1, 0.15) is 49.6 Å². The van der Waals surface area contributed by atoms with Gasteiger partial charge in [0.15, 0.2) is 0 Å². The Balaban J connectivity index is 1.97. The minimum Gasteiger partial charge on any atom is -0.383 e. The SMILES string of the molecule is COCCNC(=O)[C@H](CC(C)C)NC(=O)c1ccn(C2CCCNC2)n1. The first kappa shape index (κ1) is 20.4. The third-order valence-electron chi connectivity index (χ3n) is 4.42. The highest BCUT2D eigenvalue weighted by Crippen LogP contribution is 2.16. The fraction of sp³-hybridized carbons (Fsp3) is 0.722. The molecule has 2 amide bonds. The maximum atomic E-state index is 12.6. The number of methoxy groups -OCH3 is 1. The Labute approximate surface area is 155 Å². The minimum absolute atomic E-state index is 0.194. The Hall–Kier alpha value is -1.93. The molecule has 1 aromatic rings. The molecule has 1 fully saturated rings. The van der Waals surface area contributed by atoms with Crippen molar-refractivity contribution in [3.05, 3.63) is 18.0 Å². The van der Waals surface area contributed by atoms with Gasteiger partial charge in [0.05, 0.1) is 12.6 Å². The number of carbonyl (C=O) groups is 2. The van der Waals surface area contributed by atoms with E-state index >= 15 is 0 Å². The van der Waals surface area contributed by atoms with Gasteiger partial charge in [-0.3, -0.25) is 14.3 Å². The van der Waals surface area contributed by atoms with Crippen LogP contribution in [0, 0.1) is 5.92 Å². The summed E-state index contributed by atoms with van der Waals surface area (Å²) in [6.07, 6.45) is 4.55. The van der Waals surface area contributed by atoms with E-state index in [9.17, 15) is 9.59 Å². The Morgan fingerprint density at radius 2 is 2.27 bits per heavy atom. The zero-order chi connectivity index (χ0) is 18.9. The van der Waals surface area contributed by atoms with E-state index in [1.165, 1.54) is 0 Å². The zero-order valence-electron chi connectivity index (χ0n) is 16.0. The first-order valence-electron chi connectivity index (χ1n) is 9.34. The Bertz CT molecular complexity index is 581. The highest BCUT2D eigenvalue weighted by molar-refractivity contribution is 5.96. The van der Waals surface area contributed by atoms with Gasteiger partial charge in [-0.25, -0.2) is 0 Å². The second-order valence-electron chi connectivity index (χ2n) is 7.12. The molecule has 1 unspecified atom stereocenters. The summed E-state index contributed by atoms with van der Waals surface area (Å²) in [5.41, 5.74) is 0.342. The second-order valence-corrected chi connectivity index (χ2v) is 7.12. The van der Waals surface area contributed by atoms with Crippen molar-refractivity contribution in [2.75, 3.05) is 33.4 Å². The van der Waals surface area contributed by atoms with Crippen LogP contribution >= 0.6 is 0 Å². The second kappa shape index (κ2) is 10.3. The average Bonchev–Trinajstić information content (AvgIpc) is 3.12. The van der Waals surface area contributed by atoms with Crippen LogP contribution in [0.15, 0.2) is 12.3 Å². The largest absolute Gasteiger partial charge is 0.383 e. The molecule has 146 valence electrons. The molecule has 2 heterocycles. The lowest BCUT2D eigenvalue weighted by Gasteiger charge is -2.23. The molecule has 8 heteroatoms. The van der Waals surface area contributed by atoms with Crippen molar-refractivity contribution in [1.82, 2.24) is 25.7 Å². The van der Waals surface area contributed by atoms with Crippen molar-refractivity contribution >= 4 is 11.8 Å². The lowest BCUT2D eigenvalue weighted by Crippen LogP contribution is -2.48. The average molecular weight is 365 g/mol. The van der Waals surface area contributed by atoms with Crippen molar-refractivity contribution in [3.63, 3.8) is 0 Å². The van der Waals surface area contributed by atoms with E-state index in [0.29, 0.717) is 25.3 Å². The summed E-state index contributed by atoms with van der Waals surface area (Å²) in [4.78, 5) is 24.9. The number of hydrogen-bond donors (Lipinski definition) is 3. The number of nitrogens with zero attached hydrogens (tertiary/aromatic N) is 2. The predicted octanol–water partition coefficient (Wildman–Crippen LogP) is 0.715. The third kappa shape index (κ3) is 6.10. The molecule has 0 spiro atoms. The Morgan fingerprint density at radius 3 is 2.92 bits per heavy atom. The molecule has 0 saturated carbocycles. The highest BCUT2D eigenvalue weighted by atomic mass is 16.5. The number of piperidine rings is 1. The van der Waals surface area contributed by atoms with Crippen molar-refractivity contribution < 1.29 is 14.3 Å². The lowest BCUT2D eigenvalue weighted by atomic mass is 10.0. The van der Waals surface area contributed by atoms with Crippen LogP contribution in [0.25, 0.3) is 0 Å². The van der Waals surface area contributed by atoms with Gasteiger partial charge in [-0.1, -0.05) is 13.8 Å². The normalized spacial score (nSPS) is 18.5. The molecule has 3 N–H and O–H groups in total. The fourth-order valence-corrected chi connectivity index (χ4v) is 3.06. The predicted molar refractivity (Wildman–Crippen MR) is 99.0 cm³/mol. The molecule has 0 radical (unpaired) electrons. The van der Waals surface area contributed by atoms with Gasteiger partial charge in [-0.15, -0.1) is 0 Å². The molecule has 26 heavy (non-hydrogen) atoms. The van der Waals surface area contributed by atoms with Crippen molar-refractivity contribution in [3.8, 4) is 0 Å². The maximum Gasteiger partial charge on any atom is 0.272 e. The highest BCUT2D eigenvalue weighted by Gasteiger charge is 2.24. The number of amides is 2. The molecule has 1 aliphatic heterocycles. The fourth-order valence-electron chi connectivity index (χ4n) is 3.06. The molecule has 1 aromatic heterocycles. The van der Waals surface area contributed by atoms with Gasteiger partial charge in [-0.05, 0) is 37.8 Å². The molecule has 0 bridgehead atoms. The summed E-state index contributed by atoms with van der Waals surface area (Å²) >= 11 is 0. The summed E-state index contributed by atoms with van der Waals surface area (Å²) in [5, 5.41) is 13.4. The molecule has 0 aromatic carbocycles. The first-order valence-corrected chi connectivity index (χ1v) is 9.34. The van der Waals surface area contributed by atoms with E-state index in [1.54, 1.807) is 13.2 Å². The molecule has 1 aliphatic rings. The van der Waals surface area contributed by atoms with Crippen LogP contribution < -0.4 is 16.0 Å². The first-order chi connectivity index (χ1) is 12.5. The van der Waals surface area contributed by atoms with Crippen molar-refractivity contribution in [1.29, 1.82) is 0 Å². The molecule has 2 rings (SSSR count). The quantitative estimate of drug-likeness (QED) is 0.560. The number of aromatic nitrogens is 2. The van der Waals surface area contributed by atoms with Crippen LogP contribution in [0.3, 0.4) is 0 Å². The number of nitrogens with one attached hydrogen (secondary N) is 3. The van der Waals surface area contributed by atoms with E-state index in [-0.39, 0.29) is 23.8 Å². The Kier molecular flexibility index (Phi) is 8.06. The summed E-state index contributed by atoms with van der Waals surface area (Å²) in [6, 6.07) is 1.40. The maximum absolute atomic E-state index is 12.6. The van der Waals surface area contributed by atoms with E-state index in [0.717, 1.165) is 25.9 Å². The van der Waals surface area contributed by atoms with Gasteiger partial charge >= 0.3 is 0 Å². The van der Waals surface area contributed by atoms with Gasteiger partial charge in [0, 0.05) is 26.4 Å². The Morgan fingerprint density at radius 1 is 1.46 bits per heavy atom. The van der Waals surface area contributed by atoms with E-state index in [4.69, 9.17) is 4.74 Å². The van der Waals surface area contributed by atoms with Crippen LogP contribution in [-0.2, 0) is 9.53 Å². The van der Waals surface area contributed by atoms with Crippen LogP contribution in [0.4, 0.5) is 0 Å². The minimum atomic E-state index is -0.583. The van der Waals surface area contributed by atoms with Gasteiger partial charge in [-0.2, -0.15) is 5.10 Å². The summed E-state index contributed by atoms with van der Waals surface area (Å²) in [6.45, 7) is 6.79. The van der Waals surface area contributed by atoms with Gasteiger partial charge in [0.2, 0.25) is 5.91 Å². The standard InChI is InChI=1S/C18H31N5O3/c1-13(2)11-16(17(24)20-8-10-26-3)21-18(25)15-6-9-23(22-15)14-5-4-7-19-12-14/h6,9,13-14,16,19H,4-5,7-8,10-12H2,1-3H3,(H,20,24)(H,21,25)/t14?,16-/m0/s1. The number of carbonyl (C=O) groups excluding carboxylic acids is 2. The molecule has 0 aliphatic carbocycles. The smallest absolute Gasteiger partial charge is 0.272 e. The van der Waals surface area contributed by atoms with Crippen LogP contribution in [0.5, 0.6) is 0 Å².